The van der Waals surface area contributed by atoms with Gasteiger partial charge >= 0.3 is 0 Å². The lowest BCUT2D eigenvalue weighted by Gasteiger charge is -2.34. The first-order valence-corrected chi connectivity index (χ1v) is 15.3. The van der Waals surface area contributed by atoms with Crippen LogP contribution in [0.5, 0.6) is 0 Å². The predicted molar refractivity (Wildman–Crippen MR) is 159 cm³/mol. The van der Waals surface area contributed by atoms with Crippen LogP contribution in [0.1, 0.15) is 27.0 Å². The molecule has 2 N–H and O–H groups in total. The van der Waals surface area contributed by atoms with Crippen molar-refractivity contribution in [3.8, 4) is 0 Å². The van der Waals surface area contributed by atoms with Crippen molar-refractivity contribution in [2.24, 2.45) is 0 Å². The average Bonchev–Trinajstić information content (AvgIpc) is 3.34. The number of rotatable bonds is 8. The number of piperazine rings is 1. The van der Waals surface area contributed by atoms with Crippen LogP contribution >= 0.6 is 11.3 Å². The summed E-state index contributed by atoms with van der Waals surface area (Å²) in [6, 6.07) is 17.6. The highest BCUT2D eigenvalue weighted by atomic mass is 32.2. The van der Waals surface area contributed by atoms with E-state index in [9.17, 15) is 13.2 Å². The Balaban J connectivity index is 1.11. The van der Waals surface area contributed by atoms with Gasteiger partial charge in [-0.3, -0.25) is 14.4 Å². The Morgan fingerprint density at radius 1 is 0.949 bits per heavy atom. The lowest BCUT2D eigenvalue weighted by Crippen LogP contribution is -2.48. The summed E-state index contributed by atoms with van der Waals surface area (Å²) in [5, 5.41) is 4.04. The summed E-state index contributed by atoms with van der Waals surface area (Å²) < 4.78 is 29.2. The Morgan fingerprint density at radius 2 is 1.69 bits per heavy atom. The number of hydrogen-bond acceptors (Lipinski definition) is 7. The van der Waals surface area contributed by atoms with E-state index in [1.54, 1.807) is 59.9 Å². The number of amides is 1. The van der Waals surface area contributed by atoms with Crippen molar-refractivity contribution < 1.29 is 13.2 Å². The molecule has 4 aromatic rings. The van der Waals surface area contributed by atoms with E-state index in [0.29, 0.717) is 17.8 Å². The molecular weight excluding hydrogens is 530 g/mol. The number of carbonyl (C=O) groups is 1. The van der Waals surface area contributed by atoms with Gasteiger partial charge in [0.15, 0.2) is 5.13 Å². The highest BCUT2D eigenvalue weighted by molar-refractivity contribution is 7.92. The van der Waals surface area contributed by atoms with Gasteiger partial charge in [-0.25, -0.2) is 13.4 Å². The zero-order valence-corrected chi connectivity index (χ0v) is 24.0. The molecule has 1 fully saturated rings. The predicted octanol–water partition coefficient (Wildman–Crippen LogP) is 4.57. The van der Waals surface area contributed by atoms with Gasteiger partial charge in [0.2, 0.25) is 0 Å². The molecule has 204 valence electrons. The topological polar surface area (TPSA) is 94.6 Å². The SMILES string of the molecule is Cc1ccc(S(=O)(=O)Nc2cccc(C(=O)NCCN3CCN(c4nc5c(C)cc(C)cc5s4)CC3)c2)cc1. The van der Waals surface area contributed by atoms with Gasteiger partial charge in [0.25, 0.3) is 15.9 Å². The molecule has 1 aromatic heterocycles. The average molecular weight is 564 g/mol. The van der Waals surface area contributed by atoms with Crippen molar-refractivity contribution in [3.05, 3.63) is 82.9 Å². The van der Waals surface area contributed by atoms with Gasteiger partial charge in [0, 0.05) is 50.5 Å². The van der Waals surface area contributed by atoms with Gasteiger partial charge in [-0.2, -0.15) is 0 Å². The second kappa shape index (κ2) is 11.3. The van der Waals surface area contributed by atoms with Gasteiger partial charge in [-0.15, -0.1) is 0 Å². The number of nitrogens with zero attached hydrogens (tertiary/aromatic N) is 3. The summed E-state index contributed by atoms with van der Waals surface area (Å²) >= 11 is 1.75. The standard InChI is InChI=1S/C29H33N5O3S2/c1-20-7-9-25(10-8-20)39(36,37)32-24-6-4-5-23(19-24)28(35)30-11-12-33-13-15-34(16-14-33)29-31-27-22(3)17-21(2)18-26(27)38-29/h4-10,17-19,32H,11-16H2,1-3H3,(H,30,35). The van der Waals surface area contributed by atoms with E-state index in [2.05, 4.69) is 45.8 Å². The Hall–Kier alpha value is -3.47. The Kier molecular flexibility index (Phi) is 7.88. The fourth-order valence-electron chi connectivity index (χ4n) is 4.74. The second-order valence-electron chi connectivity index (χ2n) is 10.0. The number of aryl methyl sites for hydroxylation is 3. The van der Waals surface area contributed by atoms with Gasteiger partial charge < -0.3 is 10.2 Å². The summed E-state index contributed by atoms with van der Waals surface area (Å²) in [7, 11) is -3.74. The smallest absolute Gasteiger partial charge is 0.261 e. The first-order chi connectivity index (χ1) is 18.7. The lowest BCUT2D eigenvalue weighted by molar-refractivity contribution is 0.0948. The van der Waals surface area contributed by atoms with Crippen LogP contribution in [0.4, 0.5) is 10.8 Å². The fraction of sp³-hybridized carbons (Fsp3) is 0.310. The molecule has 0 unspecified atom stereocenters. The maximum Gasteiger partial charge on any atom is 0.261 e. The second-order valence-corrected chi connectivity index (χ2v) is 12.7. The number of sulfonamides is 1. The molecule has 0 radical (unpaired) electrons. The minimum Gasteiger partial charge on any atom is -0.351 e. The Labute approximate surface area is 233 Å². The molecule has 1 aliphatic rings. The lowest BCUT2D eigenvalue weighted by atomic mass is 10.1. The maximum absolute atomic E-state index is 12.8. The fourth-order valence-corrected chi connectivity index (χ4v) is 6.98. The van der Waals surface area contributed by atoms with Crippen LogP contribution in [-0.2, 0) is 10.0 Å². The molecule has 1 amide bonds. The number of carbonyl (C=O) groups excluding carboxylic acids is 1. The zero-order valence-electron chi connectivity index (χ0n) is 22.4. The summed E-state index contributed by atoms with van der Waals surface area (Å²) in [6.07, 6.45) is 0. The minimum atomic E-state index is -3.74. The van der Waals surface area contributed by atoms with Crippen LogP contribution in [0.2, 0.25) is 0 Å². The van der Waals surface area contributed by atoms with Crippen LogP contribution in [-0.4, -0.2) is 63.5 Å². The molecule has 2 heterocycles. The van der Waals surface area contributed by atoms with E-state index >= 15 is 0 Å². The van der Waals surface area contributed by atoms with E-state index in [4.69, 9.17) is 4.98 Å². The molecule has 5 rings (SSSR count). The maximum atomic E-state index is 12.8. The highest BCUT2D eigenvalue weighted by Crippen LogP contribution is 2.32. The van der Waals surface area contributed by atoms with Crippen molar-refractivity contribution in [1.82, 2.24) is 15.2 Å². The van der Waals surface area contributed by atoms with E-state index in [1.807, 2.05) is 6.92 Å². The van der Waals surface area contributed by atoms with Gasteiger partial charge in [0.1, 0.15) is 0 Å². The molecular formula is C29H33N5O3S2. The molecule has 1 aliphatic heterocycles. The summed E-state index contributed by atoms with van der Waals surface area (Å²) in [5.74, 6) is -0.231. The van der Waals surface area contributed by atoms with Crippen molar-refractivity contribution >= 4 is 48.3 Å². The summed E-state index contributed by atoms with van der Waals surface area (Å²) in [4.78, 5) is 22.5. The molecule has 39 heavy (non-hydrogen) atoms. The molecule has 8 nitrogen and oxygen atoms in total. The van der Waals surface area contributed by atoms with Crippen molar-refractivity contribution in [2.45, 2.75) is 25.7 Å². The molecule has 1 saturated heterocycles. The third kappa shape index (κ3) is 6.41. The number of anilines is 2. The van der Waals surface area contributed by atoms with Crippen molar-refractivity contribution in [1.29, 1.82) is 0 Å². The normalized spacial score (nSPS) is 14.5. The van der Waals surface area contributed by atoms with Crippen LogP contribution < -0.4 is 14.9 Å². The van der Waals surface area contributed by atoms with Crippen LogP contribution in [0.3, 0.4) is 0 Å². The first kappa shape index (κ1) is 27.1. The third-order valence-corrected chi connectivity index (χ3v) is 9.34. The highest BCUT2D eigenvalue weighted by Gasteiger charge is 2.21. The molecule has 0 atom stereocenters. The quantitative estimate of drug-likeness (QED) is 0.326. The molecule has 0 saturated carbocycles. The van der Waals surface area contributed by atoms with Crippen LogP contribution in [0.15, 0.2) is 65.6 Å². The van der Waals surface area contributed by atoms with Crippen LogP contribution in [0.25, 0.3) is 10.2 Å². The van der Waals surface area contributed by atoms with Crippen molar-refractivity contribution in [2.75, 3.05) is 48.9 Å². The number of benzene rings is 3. The van der Waals surface area contributed by atoms with Gasteiger partial charge in [0.05, 0.1) is 15.1 Å². The largest absolute Gasteiger partial charge is 0.351 e. The van der Waals surface area contributed by atoms with Crippen LogP contribution in [0, 0.1) is 20.8 Å². The van der Waals surface area contributed by atoms with E-state index < -0.39 is 10.0 Å². The minimum absolute atomic E-state index is 0.177. The molecule has 3 aromatic carbocycles. The van der Waals surface area contributed by atoms with Gasteiger partial charge in [-0.05, 0) is 68.3 Å². The Morgan fingerprint density at radius 3 is 2.44 bits per heavy atom. The zero-order chi connectivity index (χ0) is 27.6. The Bertz CT molecular complexity index is 1590. The molecule has 0 bridgehead atoms. The first-order valence-electron chi connectivity index (χ1n) is 13.0. The number of aromatic nitrogens is 1. The van der Waals surface area contributed by atoms with E-state index in [0.717, 1.165) is 48.9 Å². The number of nitrogens with one attached hydrogen (secondary N) is 2. The van der Waals surface area contributed by atoms with E-state index in [1.165, 1.54) is 15.8 Å². The van der Waals surface area contributed by atoms with Gasteiger partial charge in [-0.1, -0.05) is 41.2 Å². The van der Waals surface area contributed by atoms with Crippen molar-refractivity contribution in [3.63, 3.8) is 0 Å². The monoisotopic (exact) mass is 563 g/mol. The summed E-state index contributed by atoms with van der Waals surface area (Å²) in [6.45, 7) is 11.0. The molecule has 0 spiro atoms. The van der Waals surface area contributed by atoms with E-state index in [-0.39, 0.29) is 10.8 Å². The number of hydrogen-bond donors (Lipinski definition) is 2. The summed E-state index contributed by atoms with van der Waals surface area (Å²) in [5.41, 5.74) is 5.31. The number of fused-ring (bicyclic) bond motifs is 1. The molecule has 10 heteroatoms. The third-order valence-electron chi connectivity index (χ3n) is 6.88. The number of thiazole rings is 1. The molecule has 0 aliphatic carbocycles.